The summed E-state index contributed by atoms with van der Waals surface area (Å²) in [5.41, 5.74) is -3.44. The zero-order valence-electron chi connectivity index (χ0n) is 17.9. The predicted molar refractivity (Wildman–Crippen MR) is 124 cm³/mol. The van der Waals surface area contributed by atoms with Crippen molar-refractivity contribution in [2.75, 3.05) is 10.6 Å². The first-order chi connectivity index (χ1) is 17.3. The number of rotatable bonds is 6. The number of halogens is 6. The number of carbonyl (C=O) groups excluding carboxylic acids is 1. The molecule has 192 valence electrons. The number of amides is 1. The van der Waals surface area contributed by atoms with Gasteiger partial charge in [0, 0.05) is 16.6 Å². The molecule has 4 aromatic rings. The largest absolute Gasteiger partial charge is 0.478 e. The van der Waals surface area contributed by atoms with Crippen molar-refractivity contribution in [3.63, 3.8) is 0 Å². The van der Waals surface area contributed by atoms with Crippen LogP contribution in [-0.2, 0) is 12.4 Å². The number of alkyl halides is 6. The van der Waals surface area contributed by atoms with Crippen LogP contribution in [0, 0.1) is 0 Å². The summed E-state index contributed by atoms with van der Waals surface area (Å²) < 4.78 is 80.5. The van der Waals surface area contributed by atoms with Crippen LogP contribution >= 0.6 is 22.7 Å². The van der Waals surface area contributed by atoms with Gasteiger partial charge in [-0.05, 0) is 30.3 Å². The van der Waals surface area contributed by atoms with Crippen LogP contribution in [0.3, 0.4) is 0 Å². The number of anilines is 3. The minimum atomic E-state index is -4.89. The lowest BCUT2D eigenvalue weighted by molar-refractivity contribution is -0.140. The molecule has 0 atom stereocenters. The van der Waals surface area contributed by atoms with Crippen LogP contribution in [-0.4, -0.2) is 27.0 Å². The van der Waals surface area contributed by atoms with Gasteiger partial charge in [0.05, 0.1) is 21.7 Å². The third-order valence-electron chi connectivity index (χ3n) is 4.65. The second-order valence-electron chi connectivity index (χ2n) is 7.28. The number of aromatic nitrogens is 2. The van der Waals surface area contributed by atoms with E-state index >= 15 is 0 Å². The fourth-order valence-electron chi connectivity index (χ4n) is 3.04. The Morgan fingerprint density at radius 2 is 1.57 bits per heavy atom. The third kappa shape index (κ3) is 6.06. The molecule has 0 aliphatic rings. The molecule has 0 radical (unpaired) electrons. The fourth-order valence-corrected chi connectivity index (χ4v) is 4.78. The third-order valence-corrected chi connectivity index (χ3v) is 6.40. The van der Waals surface area contributed by atoms with Gasteiger partial charge in [0.25, 0.3) is 5.91 Å². The SMILES string of the molecule is O=C(O)c1cc(Nc2nc(-c3sc(NC(=O)c4ccccc4)nc3C(F)(F)F)cs2)cc(C(F)(F)F)c1. The van der Waals surface area contributed by atoms with Crippen LogP contribution in [0.1, 0.15) is 32.0 Å². The number of carboxylic acids is 1. The summed E-state index contributed by atoms with van der Waals surface area (Å²) in [4.78, 5) is 30.6. The molecule has 2 aromatic carbocycles. The van der Waals surface area contributed by atoms with E-state index in [9.17, 15) is 35.9 Å². The minimum Gasteiger partial charge on any atom is -0.478 e. The van der Waals surface area contributed by atoms with Crippen LogP contribution < -0.4 is 10.6 Å². The Morgan fingerprint density at radius 1 is 0.865 bits per heavy atom. The molecular weight excluding hydrogens is 546 g/mol. The molecule has 2 heterocycles. The average Bonchev–Trinajstić information content (AvgIpc) is 3.46. The smallest absolute Gasteiger partial charge is 0.434 e. The molecule has 37 heavy (non-hydrogen) atoms. The lowest BCUT2D eigenvalue weighted by atomic mass is 10.1. The van der Waals surface area contributed by atoms with Crippen molar-refractivity contribution < 1.29 is 41.0 Å². The number of nitrogens with one attached hydrogen (secondary N) is 2. The van der Waals surface area contributed by atoms with E-state index in [1.807, 2.05) is 0 Å². The van der Waals surface area contributed by atoms with Crippen molar-refractivity contribution in [3.8, 4) is 10.6 Å². The molecule has 2 aromatic heterocycles. The summed E-state index contributed by atoms with van der Waals surface area (Å²) in [5.74, 6) is -2.27. The summed E-state index contributed by atoms with van der Waals surface area (Å²) in [5, 5.41) is 14.7. The lowest BCUT2D eigenvalue weighted by Crippen LogP contribution is -2.12. The number of benzene rings is 2. The lowest BCUT2D eigenvalue weighted by Gasteiger charge is -2.11. The monoisotopic (exact) mass is 558 g/mol. The molecule has 3 N–H and O–H groups in total. The van der Waals surface area contributed by atoms with E-state index in [4.69, 9.17) is 5.11 Å². The van der Waals surface area contributed by atoms with E-state index in [1.165, 1.54) is 17.5 Å². The minimum absolute atomic E-state index is 0.0953. The molecule has 7 nitrogen and oxygen atoms in total. The first-order valence-corrected chi connectivity index (χ1v) is 11.6. The van der Waals surface area contributed by atoms with E-state index in [0.29, 0.717) is 23.5 Å². The van der Waals surface area contributed by atoms with E-state index in [-0.39, 0.29) is 27.2 Å². The predicted octanol–water partition coefficient (Wildman–Crippen LogP) is 7.00. The molecule has 0 aliphatic carbocycles. The number of hydrogen-bond donors (Lipinski definition) is 3. The highest BCUT2D eigenvalue weighted by molar-refractivity contribution is 7.20. The van der Waals surface area contributed by atoms with Crippen molar-refractivity contribution in [1.82, 2.24) is 9.97 Å². The molecule has 0 saturated carbocycles. The van der Waals surface area contributed by atoms with Crippen molar-refractivity contribution in [2.24, 2.45) is 0 Å². The summed E-state index contributed by atoms with van der Waals surface area (Å²) in [6.07, 6.45) is -9.73. The van der Waals surface area contributed by atoms with Crippen LogP contribution in [0.2, 0.25) is 0 Å². The molecule has 4 rings (SSSR count). The number of carboxylic acid groups (broad SMARTS) is 1. The molecular formula is C22H12F6N4O3S2. The molecule has 0 unspecified atom stereocenters. The van der Waals surface area contributed by atoms with Crippen molar-refractivity contribution >= 4 is 50.5 Å². The number of hydrogen-bond acceptors (Lipinski definition) is 7. The second kappa shape index (κ2) is 9.82. The van der Waals surface area contributed by atoms with Crippen molar-refractivity contribution in [2.45, 2.75) is 12.4 Å². The van der Waals surface area contributed by atoms with Crippen LogP contribution in [0.25, 0.3) is 10.6 Å². The summed E-state index contributed by atoms with van der Waals surface area (Å²) in [6, 6.07) is 9.80. The van der Waals surface area contributed by atoms with Crippen molar-refractivity contribution in [1.29, 1.82) is 0 Å². The van der Waals surface area contributed by atoms with E-state index < -0.39 is 45.9 Å². The van der Waals surface area contributed by atoms with E-state index in [1.54, 1.807) is 18.2 Å². The zero-order valence-corrected chi connectivity index (χ0v) is 19.6. The van der Waals surface area contributed by atoms with Gasteiger partial charge in [0.1, 0.15) is 0 Å². The second-order valence-corrected chi connectivity index (χ2v) is 9.14. The quantitative estimate of drug-likeness (QED) is 0.220. The van der Waals surface area contributed by atoms with E-state index in [2.05, 4.69) is 20.6 Å². The first kappa shape index (κ1) is 26.1. The molecule has 0 saturated heterocycles. The molecule has 1 amide bonds. The Hall–Kier alpha value is -3.98. The van der Waals surface area contributed by atoms with Gasteiger partial charge in [0.15, 0.2) is 16.0 Å². The number of aromatic carboxylic acids is 1. The average molecular weight is 558 g/mol. The maximum atomic E-state index is 13.7. The topological polar surface area (TPSA) is 104 Å². The van der Waals surface area contributed by atoms with Gasteiger partial charge in [-0.1, -0.05) is 29.5 Å². The molecule has 0 spiro atoms. The number of thiazole rings is 2. The Labute approximate surface area is 211 Å². The highest BCUT2D eigenvalue weighted by Crippen LogP contribution is 2.43. The van der Waals surface area contributed by atoms with Gasteiger partial charge >= 0.3 is 18.3 Å². The maximum Gasteiger partial charge on any atom is 0.434 e. The molecule has 0 fully saturated rings. The van der Waals surface area contributed by atoms with Gasteiger partial charge in [-0.2, -0.15) is 26.3 Å². The first-order valence-electron chi connectivity index (χ1n) is 9.94. The fraction of sp³-hybridized carbons (Fsp3) is 0.0909. The number of carbonyl (C=O) groups is 2. The summed E-state index contributed by atoms with van der Waals surface area (Å²) >= 11 is 1.30. The van der Waals surface area contributed by atoms with Gasteiger partial charge < -0.3 is 10.4 Å². The maximum absolute atomic E-state index is 13.7. The Kier molecular flexibility index (Phi) is 6.92. The summed E-state index contributed by atoms with van der Waals surface area (Å²) in [7, 11) is 0. The number of nitrogens with zero attached hydrogens (tertiary/aromatic N) is 2. The normalized spacial score (nSPS) is 11.8. The molecule has 0 bridgehead atoms. The van der Waals surface area contributed by atoms with Crippen molar-refractivity contribution in [3.05, 3.63) is 76.3 Å². The Bertz CT molecular complexity index is 1470. The van der Waals surface area contributed by atoms with Gasteiger partial charge in [0.2, 0.25) is 0 Å². The summed E-state index contributed by atoms with van der Waals surface area (Å²) in [6.45, 7) is 0. The van der Waals surface area contributed by atoms with Gasteiger partial charge in [-0.3, -0.25) is 10.1 Å². The van der Waals surface area contributed by atoms with Crippen LogP contribution in [0.5, 0.6) is 0 Å². The standard InChI is InChI=1S/C22H12F6N4O3S2/c23-21(24,25)12-6-11(18(34)35)7-13(8-12)29-19-30-14(9-36-19)15-16(22(26,27)28)31-20(37-15)32-17(33)10-4-2-1-3-5-10/h1-9H,(H,29,30)(H,34,35)(H,31,32,33). The zero-order chi connectivity index (χ0) is 27.0. The van der Waals surface area contributed by atoms with Crippen LogP contribution in [0.15, 0.2) is 53.9 Å². The molecule has 0 aliphatic heterocycles. The van der Waals surface area contributed by atoms with E-state index in [0.717, 1.165) is 17.4 Å². The highest BCUT2D eigenvalue weighted by atomic mass is 32.1. The molecule has 15 heteroatoms. The Balaban J connectivity index is 1.64. The highest BCUT2D eigenvalue weighted by Gasteiger charge is 2.39. The van der Waals surface area contributed by atoms with Gasteiger partial charge in [-0.25, -0.2) is 14.8 Å². The Morgan fingerprint density at radius 3 is 2.19 bits per heavy atom. The van der Waals surface area contributed by atoms with Gasteiger partial charge in [-0.15, -0.1) is 11.3 Å². The van der Waals surface area contributed by atoms with Crippen LogP contribution in [0.4, 0.5) is 42.3 Å².